The molecule has 1 nitrogen and oxygen atoms in total. The Balaban J connectivity index is 1.94. The Kier molecular flexibility index (Phi) is 5.62. The van der Waals surface area contributed by atoms with E-state index in [0.717, 1.165) is 17.1 Å². The highest BCUT2D eigenvalue weighted by Crippen LogP contribution is 2.21. The van der Waals surface area contributed by atoms with Crippen molar-refractivity contribution in [3.63, 3.8) is 0 Å². The van der Waals surface area contributed by atoms with Crippen LogP contribution in [0.25, 0.3) is 0 Å². The summed E-state index contributed by atoms with van der Waals surface area (Å²) >= 11 is 1.69. The van der Waals surface area contributed by atoms with Gasteiger partial charge in [-0.2, -0.15) is 0 Å². The van der Waals surface area contributed by atoms with Gasteiger partial charge in [0.15, 0.2) is 0 Å². The number of likely N-dealkylation sites (N-methyl/N-ethyl adjacent to an activating group) is 1. The molecule has 20 heavy (non-hydrogen) atoms. The molecule has 0 heterocycles. The summed E-state index contributed by atoms with van der Waals surface area (Å²) in [4.78, 5) is 0.982. The molecule has 2 aromatic carbocycles. The molecule has 0 aromatic heterocycles. The zero-order valence-corrected chi connectivity index (χ0v) is 12.7. The highest BCUT2D eigenvalue weighted by Gasteiger charge is 2.09. The standard InChI is InChI=1S/C17H20FNS/c1-13-6-3-4-7-14(13)10-16(19-2)12-20-17-9-5-8-15(18)11-17/h3-9,11,16,19H,10,12H2,1-2H3. The molecule has 0 saturated carbocycles. The average molecular weight is 289 g/mol. The molecule has 0 spiro atoms. The molecule has 1 unspecified atom stereocenters. The zero-order chi connectivity index (χ0) is 14.4. The second-order valence-corrected chi connectivity index (χ2v) is 5.98. The predicted molar refractivity (Wildman–Crippen MR) is 84.9 cm³/mol. The fraction of sp³-hybridized carbons (Fsp3) is 0.294. The van der Waals surface area contributed by atoms with Crippen LogP contribution in [-0.4, -0.2) is 18.8 Å². The summed E-state index contributed by atoms with van der Waals surface area (Å²) in [5.41, 5.74) is 2.69. The van der Waals surface area contributed by atoms with E-state index in [1.165, 1.54) is 17.2 Å². The molecule has 0 saturated heterocycles. The van der Waals surface area contributed by atoms with E-state index in [9.17, 15) is 4.39 Å². The summed E-state index contributed by atoms with van der Waals surface area (Å²) in [6.07, 6.45) is 0.992. The zero-order valence-electron chi connectivity index (χ0n) is 11.9. The van der Waals surface area contributed by atoms with Crippen molar-refractivity contribution in [2.24, 2.45) is 0 Å². The van der Waals surface area contributed by atoms with E-state index >= 15 is 0 Å². The molecule has 0 aliphatic heterocycles. The van der Waals surface area contributed by atoms with E-state index < -0.39 is 0 Å². The van der Waals surface area contributed by atoms with E-state index in [1.54, 1.807) is 23.9 Å². The molecule has 106 valence electrons. The molecular formula is C17H20FNS. The second kappa shape index (κ2) is 7.46. The summed E-state index contributed by atoms with van der Waals surface area (Å²) in [5.74, 6) is 0.754. The minimum atomic E-state index is -0.171. The molecule has 0 radical (unpaired) electrons. The van der Waals surface area contributed by atoms with Crippen molar-refractivity contribution in [3.05, 3.63) is 65.5 Å². The number of benzene rings is 2. The fourth-order valence-electron chi connectivity index (χ4n) is 2.10. The third kappa shape index (κ3) is 4.36. The molecule has 0 amide bonds. The van der Waals surface area contributed by atoms with Crippen LogP contribution in [0.2, 0.25) is 0 Å². The lowest BCUT2D eigenvalue weighted by molar-refractivity contribution is 0.614. The van der Waals surface area contributed by atoms with E-state index in [-0.39, 0.29) is 5.82 Å². The van der Waals surface area contributed by atoms with Gasteiger partial charge in [-0.15, -0.1) is 11.8 Å². The van der Waals surface area contributed by atoms with Crippen LogP contribution in [0.4, 0.5) is 4.39 Å². The Bertz CT molecular complexity index is 556. The molecule has 2 rings (SSSR count). The van der Waals surface area contributed by atoms with Crippen LogP contribution in [0.1, 0.15) is 11.1 Å². The van der Waals surface area contributed by atoms with Crippen LogP contribution >= 0.6 is 11.8 Å². The van der Waals surface area contributed by atoms with Gasteiger partial charge in [0.1, 0.15) is 5.82 Å². The number of rotatable bonds is 6. The van der Waals surface area contributed by atoms with Gasteiger partial charge in [0.2, 0.25) is 0 Å². The predicted octanol–water partition coefficient (Wildman–Crippen LogP) is 4.06. The third-order valence-electron chi connectivity index (χ3n) is 3.38. The van der Waals surface area contributed by atoms with E-state index in [1.807, 2.05) is 13.1 Å². The van der Waals surface area contributed by atoms with Gasteiger partial charge in [-0.25, -0.2) is 4.39 Å². The molecule has 1 atom stereocenters. The SMILES string of the molecule is CNC(CSc1cccc(F)c1)Cc1ccccc1C. The molecular weight excluding hydrogens is 269 g/mol. The highest BCUT2D eigenvalue weighted by molar-refractivity contribution is 7.99. The van der Waals surface area contributed by atoms with Gasteiger partial charge < -0.3 is 5.32 Å². The summed E-state index contributed by atoms with van der Waals surface area (Å²) in [7, 11) is 1.98. The van der Waals surface area contributed by atoms with Crippen LogP contribution in [0.15, 0.2) is 53.4 Å². The normalized spacial score (nSPS) is 12.3. The first kappa shape index (κ1) is 15.1. The lowest BCUT2D eigenvalue weighted by atomic mass is 10.0. The topological polar surface area (TPSA) is 12.0 Å². The third-order valence-corrected chi connectivity index (χ3v) is 4.54. The van der Waals surface area contributed by atoms with Gasteiger partial charge in [-0.3, -0.25) is 0 Å². The molecule has 0 aliphatic rings. The first-order valence-corrected chi connectivity index (χ1v) is 7.77. The Morgan fingerprint density at radius 1 is 1.15 bits per heavy atom. The van der Waals surface area contributed by atoms with Gasteiger partial charge in [-0.1, -0.05) is 30.3 Å². The number of nitrogens with one attached hydrogen (secondary N) is 1. The van der Waals surface area contributed by atoms with Crippen molar-refractivity contribution in [1.29, 1.82) is 0 Å². The van der Waals surface area contributed by atoms with Gasteiger partial charge in [0.25, 0.3) is 0 Å². The Morgan fingerprint density at radius 2 is 1.95 bits per heavy atom. The summed E-state index contributed by atoms with van der Waals surface area (Å²) in [6, 6.07) is 15.6. The van der Waals surface area contributed by atoms with E-state index in [0.29, 0.717) is 6.04 Å². The maximum atomic E-state index is 13.1. The van der Waals surface area contributed by atoms with Crippen LogP contribution in [0, 0.1) is 12.7 Å². The minimum Gasteiger partial charge on any atom is -0.316 e. The van der Waals surface area contributed by atoms with Crippen LogP contribution in [-0.2, 0) is 6.42 Å². The van der Waals surface area contributed by atoms with Crippen molar-refractivity contribution < 1.29 is 4.39 Å². The van der Waals surface area contributed by atoms with Gasteiger partial charge in [0.05, 0.1) is 0 Å². The van der Waals surface area contributed by atoms with Crippen molar-refractivity contribution in [3.8, 4) is 0 Å². The maximum absolute atomic E-state index is 13.1. The Morgan fingerprint density at radius 3 is 2.65 bits per heavy atom. The molecule has 3 heteroatoms. The number of halogens is 1. The monoisotopic (exact) mass is 289 g/mol. The van der Waals surface area contributed by atoms with Crippen molar-refractivity contribution in [1.82, 2.24) is 5.32 Å². The van der Waals surface area contributed by atoms with Crippen LogP contribution in [0.3, 0.4) is 0 Å². The fourth-order valence-corrected chi connectivity index (χ4v) is 3.15. The number of thioether (sulfide) groups is 1. The van der Waals surface area contributed by atoms with Crippen molar-refractivity contribution >= 4 is 11.8 Å². The quantitative estimate of drug-likeness (QED) is 0.805. The second-order valence-electron chi connectivity index (χ2n) is 4.88. The largest absolute Gasteiger partial charge is 0.316 e. The molecule has 0 aliphatic carbocycles. The summed E-state index contributed by atoms with van der Waals surface area (Å²) in [6.45, 7) is 2.14. The van der Waals surface area contributed by atoms with Crippen LogP contribution in [0.5, 0.6) is 0 Å². The van der Waals surface area contributed by atoms with Crippen molar-refractivity contribution in [2.75, 3.05) is 12.8 Å². The summed E-state index contributed by atoms with van der Waals surface area (Å²) < 4.78 is 13.1. The van der Waals surface area contributed by atoms with Gasteiger partial charge in [-0.05, 0) is 49.7 Å². The first-order valence-electron chi connectivity index (χ1n) is 6.79. The van der Waals surface area contributed by atoms with Gasteiger partial charge >= 0.3 is 0 Å². The number of hydrogen-bond donors (Lipinski definition) is 1. The smallest absolute Gasteiger partial charge is 0.124 e. The molecule has 1 N–H and O–H groups in total. The number of hydrogen-bond acceptors (Lipinski definition) is 2. The lowest BCUT2D eigenvalue weighted by Gasteiger charge is -2.17. The lowest BCUT2D eigenvalue weighted by Crippen LogP contribution is -2.30. The molecule has 0 fully saturated rings. The van der Waals surface area contributed by atoms with Crippen molar-refractivity contribution in [2.45, 2.75) is 24.3 Å². The Hall–Kier alpha value is -1.32. The molecule has 2 aromatic rings. The highest BCUT2D eigenvalue weighted by atomic mass is 32.2. The summed E-state index contributed by atoms with van der Waals surface area (Å²) in [5, 5.41) is 3.35. The first-order chi connectivity index (χ1) is 9.69. The Labute approximate surface area is 124 Å². The minimum absolute atomic E-state index is 0.171. The average Bonchev–Trinajstić information content (AvgIpc) is 2.45. The van der Waals surface area contributed by atoms with E-state index in [2.05, 4.69) is 36.5 Å². The van der Waals surface area contributed by atoms with Crippen LogP contribution < -0.4 is 5.32 Å². The maximum Gasteiger partial charge on any atom is 0.124 e. The number of aryl methyl sites for hydroxylation is 1. The van der Waals surface area contributed by atoms with Gasteiger partial charge in [0, 0.05) is 16.7 Å². The molecule has 0 bridgehead atoms. The van der Waals surface area contributed by atoms with E-state index in [4.69, 9.17) is 0 Å².